The fourth-order valence-corrected chi connectivity index (χ4v) is 4.23. The van der Waals surface area contributed by atoms with Crippen molar-refractivity contribution in [1.82, 2.24) is 10.7 Å². The van der Waals surface area contributed by atoms with Crippen LogP contribution in [0.25, 0.3) is 0 Å². The molecule has 1 saturated heterocycles. The molecule has 3 rings (SSSR count). The Labute approximate surface area is 152 Å². The van der Waals surface area contributed by atoms with E-state index in [-0.39, 0.29) is 5.66 Å². The normalized spacial score (nSPS) is 22.7. The van der Waals surface area contributed by atoms with Crippen molar-refractivity contribution in [2.45, 2.75) is 83.2 Å². The van der Waals surface area contributed by atoms with Crippen molar-refractivity contribution < 1.29 is 0 Å². The average Bonchev–Trinajstić information content (AvgIpc) is 2.89. The van der Waals surface area contributed by atoms with Gasteiger partial charge in [-0.3, -0.25) is 5.01 Å². The molecule has 0 unspecified atom stereocenters. The van der Waals surface area contributed by atoms with Crippen LogP contribution < -0.4 is 15.8 Å². The van der Waals surface area contributed by atoms with Crippen molar-refractivity contribution in [3.8, 4) is 0 Å². The van der Waals surface area contributed by atoms with Crippen LogP contribution in [0.5, 0.6) is 0 Å². The maximum Gasteiger partial charge on any atom is 0.189 e. The second-order valence-electron chi connectivity index (χ2n) is 7.48. The number of rotatable bonds is 1. The molecule has 2 aliphatic rings. The molecule has 1 aliphatic carbocycles. The van der Waals surface area contributed by atoms with E-state index in [1.54, 1.807) is 0 Å². The molecule has 0 amide bonds. The largest absolute Gasteiger partial charge is 0.342 e. The van der Waals surface area contributed by atoms with Gasteiger partial charge in [0.05, 0.1) is 5.69 Å². The van der Waals surface area contributed by atoms with E-state index in [0.717, 1.165) is 23.6 Å². The van der Waals surface area contributed by atoms with E-state index >= 15 is 0 Å². The highest BCUT2D eigenvalue weighted by Crippen LogP contribution is 2.29. The molecule has 0 bridgehead atoms. The van der Waals surface area contributed by atoms with Gasteiger partial charge in [-0.1, -0.05) is 62.6 Å². The SMILES string of the molecule is Cc1ccc(N2NC3(CCCCCCCCCCC3)NC2=S)cc1. The molecule has 1 aliphatic heterocycles. The Morgan fingerprint density at radius 2 is 1.33 bits per heavy atom. The van der Waals surface area contributed by atoms with Crippen molar-refractivity contribution in [2.24, 2.45) is 0 Å². The first kappa shape index (κ1) is 17.7. The van der Waals surface area contributed by atoms with Gasteiger partial charge in [0, 0.05) is 0 Å². The van der Waals surface area contributed by atoms with Crippen LogP contribution in [0.1, 0.15) is 76.2 Å². The Morgan fingerprint density at radius 3 is 1.88 bits per heavy atom. The lowest BCUT2D eigenvalue weighted by Gasteiger charge is -2.30. The van der Waals surface area contributed by atoms with Crippen LogP contribution in [0.2, 0.25) is 0 Å². The first-order valence-electron chi connectivity index (χ1n) is 9.65. The number of hydrogen-bond donors (Lipinski definition) is 2. The number of benzene rings is 1. The Kier molecular flexibility index (Phi) is 6.12. The summed E-state index contributed by atoms with van der Waals surface area (Å²) in [5, 5.41) is 6.51. The van der Waals surface area contributed by atoms with E-state index in [1.165, 1.54) is 63.4 Å². The molecule has 3 nitrogen and oxygen atoms in total. The summed E-state index contributed by atoms with van der Waals surface area (Å²) >= 11 is 5.65. The van der Waals surface area contributed by atoms with Gasteiger partial charge in [0.25, 0.3) is 0 Å². The number of nitrogens with zero attached hydrogens (tertiary/aromatic N) is 1. The van der Waals surface area contributed by atoms with Crippen molar-refractivity contribution in [3.63, 3.8) is 0 Å². The van der Waals surface area contributed by atoms with Crippen LogP contribution >= 0.6 is 12.2 Å². The summed E-state index contributed by atoms with van der Waals surface area (Å²) in [6, 6.07) is 8.58. The molecule has 2 N–H and O–H groups in total. The number of nitrogens with one attached hydrogen (secondary N) is 2. The van der Waals surface area contributed by atoms with Crippen molar-refractivity contribution in [3.05, 3.63) is 29.8 Å². The van der Waals surface area contributed by atoms with E-state index in [9.17, 15) is 0 Å². The van der Waals surface area contributed by atoms with E-state index in [4.69, 9.17) is 12.2 Å². The number of hydrazine groups is 1. The van der Waals surface area contributed by atoms with Crippen LogP contribution in [0, 0.1) is 6.92 Å². The monoisotopic (exact) mass is 345 g/mol. The second kappa shape index (κ2) is 8.30. The molecule has 2 fully saturated rings. The summed E-state index contributed by atoms with van der Waals surface area (Å²) < 4.78 is 0. The molecule has 1 heterocycles. The lowest BCUT2D eigenvalue weighted by atomic mass is 9.93. The van der Waals surface area contributed by atoms with Crippen LogP contribution in [-0.4, -0.2) is 10.8 Å². The Balaban J connectivity index is 1.69. The van der Waals surface area contributed by atoms with Crippen LogP contribution in [0.4, 0.5) is 5.69 Å². The molecule has 1 saturated carbocycles. The third-order valence-electron chi connectivity index (χ3n) is 5.37. The average molecular weight is 346 g/mol. The molecule has 4 heteroatoms. The van der Waals surface area contributed by atoms with Gasteiger partial charge in [0.15, 0.2) is 5.11 Å². The lowest BCUT2D eigenvalue weighted by molar-refractivity contribution is 0.268. The molecular formula is C20H31N3S. The van der Waals surface area contributed by atoms with E-state index in [0.29, 0.717) is 0 Å². The molecular weight excluding hydrogens is 314 g/mol. The highest BCUT2D eigenvalue weighted by atomic mass is 32.1. The minimum atomic E-state index is -0.0544. The van der Waals surface area contributed by atoms with Gasteiger partial charge >= 0.3 is 0 Å². The Morgan fingerprint density at radius 1 is 0.833 bits per heavy atom. The molecule has 1 aromatic rings. The first-order chi connectivity index (χ1) is 11.7. The van der Waals surface area contributed by atoms with Crippen molar-refractivity contribution in [1.29, 1.82) is 0 Å². The number of anilines is 1. The molecule has 1 aromatic carbocycles. The zero-order valence-electron chi connectivity index (χ0n) is 14.9. The predicted octanol–water partition coefficient (Wildman–Crippen LogP) is 5.20. The van der Waals surface area contributed by atoms with Gasteiger partial charge in [0.2, 0.25) is 0 Å². The van der Waals surface area contributed by atoms with E-state index in [2.05, 4.69) is 46.9 Å². The zero-order chi connectivity index (χ0) is 16.8. The summed E-state index contributed by atoms with van der Waals surface area (Å²) in [5.41, 5.74) is 6.07. The summed E-state index contributed by atoms with van der Waals surface area (Å²) in [6.07, 6.45) is 14.5. The summed E-state index contributed by atoms with van der Waals surface area (Å²) in [6.45, 7) is 2.12. The standard InChI is InChI=1S/C20H31N3S/c1-17-11-13-18(14-12-17)23-19(24)21-20(22-23)15-9-7-5-3-2-4-6-8-10-16-20/h11-14,22H,2-10,15-16H2,1H3,(H,21,24). The van der Waals surface area contributed by atoms with Gasteiger partial charge in [-0.25, -0.2) is 5.43 Å². The summed E-state index contributed by atoms with van der Waals surface area (Å²) in [5.74, 6) is 0. The van der Waals surface area contributed by atoms with E-state index in [1.807, 2.05) is 0 Å². The molecule has 24 heavy (non-hydrogen) atoms. The van der Waals surface area contributed by atoms with E-state index < -0.39 is 0 Å². The van der Waals surface area contributed by atoms with Crippen LogP contribution in [0.15, 0.2) is 24.3 Å². The highest BCUT2D eigenvalue weighted by molar-refractivity contribution is 7.80. The van der Waals surface area contributed by atoms with Crippen molar-refractivity contribution in [2.75, 3.05) is 5.01 Å². The maximum atomic E-state index is 5.65. The number of thiocarbonyl (C=S) groups is 1. The fourth-order valence-electron chi connectivity index (χ4n) is 3.88. The third-order valence-corrected chi connectivity index (χ3v) is 5.66. The van der Waals surface area contributed by atoms with Gasteiger partial charge in [0.1, 0.15) is 5.66 Å². The number of hydrogen-bond acceptors (Lipinski definition) is 2. The minimum Gasteiger partial charge on any atom is -0.342 e. The smallest absolute Gasteiger partial charge is 0.189 e. The highest BCUT2D eigenvalue weighted by Gasteiger charge is 2.39. The second-order valence-corrected chi connectivity index (χ2v) is 7.86. The minimum absolute atomic E-state index is 0.0544. The molecule has 0 atom stereocenters. The topological polar surface area (TPSA) is 27.3 Å². The first-order valence-corrected chi connectivity index (χ1v) is 10.1. The van der Waals surface area contributed by atoms with Crippen molar-refractivity contribution >= 4 is 23.0 Å². The third kappa shape index (κ3) is 4.48. The van der Waals surface area contributed by atoms with Gasteiger partial charge < -0.3 is 5.32 Å². The molecule has 0 radical (unpaired) electrons. The molecule has 1 spiro atoms. The Bertz CT molecular complexity index is 528. The molecule has 132 valence electrons. The van der Waals surface area contributed by atoms with Crippen LogP contribution in [-0.2, 0) is 0 Å². The quantitative estimate of drug-likeness (QED) is 0.685. The van der Waals surface area contributed by atoms with Gasteiger partial charge in [-0.05, 0) is 57.0 Å². The fraction of sp³-hybridized carbons (Fsp3) is 0.650. The Hall–Kier alpha value is -1.13. The van der Waals surface area contributed by atoms with Gasteiger partial charge in [-0.15, -0.1) is 0 Å². The van der Waals surface area contributed by atoms with Gasteiger partial charge in [-0.2, -0.15) is 0 Å². The number of aryl methyl sites for hydroxylation is 1. The zero-order valence-corrected chi connectivity index (χ0v) is 15.8. The van der Waals surface area contributed by atoms with Crippen LogP contribution in [0.3, 0.4) is 0 Å². The molecule has 0 aromatic heterocycles. The summed E-state index contributed by atoms with van der Waals surface area (Å²) in [4.78, 5) is 0. The predicted molar refractivity (Wildman–Crippen MR) is 106 cm³/mol. The lowest BCUT2D eigenvalue weighted by Crippen LogP contribution is -2.51. The maximum absolute atomic E-state index is 5.65. The summed E-state index contributed by atoms with van der Waals surface area (Å²) in [7, 11) is 0.